The van der Waals surface area contributed by atoms with E-state index >= 15 is 0 Å². The van der Waals surface area contributed by atoms with Crippen LogP contribution in [0.15, 0.2) is 59.5 Å². The van der Waals surface area contributed by atoms with Gasteiger partial charge in [-0.2, -0.15) is 13.2 Å². The van der Waals surface area contributed by atoms with Crippen LogP contribution in [0.1, 0.15) is 25.1 Å². The van der Waals surface area contributed by atoms with Crippen LogP contribution in [-0.4, -0.2) is 21.2 Å². The van der Waals surface area contributed by atoms with Crippen LogP contribution in [0.4, 0.5) is 13.2 Å². The topological polar surface area (TPSA) is 42.4 Å². The Morgan fingerprint density at radius 2 is 1.82 bits per heavy atom. The van der Waals surface area contributed by atoms with Crippen LogP contribution in [0.5, 0.6) is 11.5 Å². The van der Waals surface area contributed by atoms with E-state index in [1.54, 1.807) is 12.1 Å². The second kappa shape index (κ2) is 6.44. The van der Waals surface area contributed by atoms with Crippen molar-refractivity contribution in [3.8, 4) is 11.5 Å². The van der Waals surface area contributed by atoms with Crippen molar-refractivity contribution in [2.24, 2.45) is 0 Å². The second-order valence-corrected chi connectivity index (χ2v) is 8.16. The number of ether oxygens (including phenoxy) is 1. The number of thioether (sulfide) groups is 1. The molecule has 0 saturated carbocycles. The summed E-state index contributed by atoms with van der Waals surface area (Å²) < 4.78 is 44.4. The minimum atomic E-state index is -4.39. The molecule has 0 atom stereocenters. The molecular formula is C21H16F3NO2S. The Bertz CT molecular complexity index is 1110. The maximum atomic E-state index is 12.8. The number of halogens is 3. The monoisotopic (exact) mass is 403 g/mol. The van der Waals surface area contributed by atoms with E-state index in [1.165, 1.54) is 18.2 Å². The minimum absolute atomic E-state index is 0.0394. The number of pyridine rings is 1. The SMILES string of the molecule is CC1(C)C=C(c2nc3ccccc3cc2O)c2cc(SC(F)(F)F)ccc2O1. The summed E-state index contributed by atoms with van der Waals surface area (Å²) in [7, 11) is 0. The molecule has 1 aliphatic heterocycles. The molecule has 1 aliphatic rings. The van der Waals surface area contributed by atoms with Gasteiger partial charge in [0.2, 0.25) is 0 Å². The van der Waals surface area contributed by atoms with Gasteiger partial charge >= 0.3 is 5.51 Å². The van der Waals surface area contributed by atoms with Gasteiger partial charge in [-0.1, -0.05) is 18.2 Å². The van der Waals surface area contributed by atoms with E-state index in [1.807, 2.05) is 38.1 Å². The van der Waals surface area contributed by atoms with E-state index in [0.717, 1.165) is 5.39 Å². The first-order valence-corrected chi connectivity index (χ1v) is 9.34. The summed E-state index contributed by atoms with van der Waals surface area (Å²) >= 11 is -0.188. The van der Waals surface area contributed by atoms with Crippen molar-refractivity contribution in [2.45, 2.75) is 29.9 Å². The quantitative estimate of drug-likeness (QED) is 0.521. The van der Waals surface area contributed by atoms with Crippen LogP contribution in [0, 0.1) is 0 Å². The first-order valence-electron chi connectivity index (χ1n) is 8.52. The molecule has 2 heterocycles. The average Bonchev–Trinajstić information content (AvgIpc) is 2.59. The third kappa shape index (κ3) is 3.67. The number of rotatable bonds is 2. The summed E-state index contributed by atoms with van der Waals surface area (Å²) in [5.74, 6) is 0.408. The summed E-state index contributed by atoms with van der Waals surface area (Å²) in [6, 6.07) is 13.3. The van der Waals surface area contributed by atoms with E-state index < -0.39 is 11.1 Å². The smallest absolute Gasteiger partial charge is 0.446 e. The Morgan fingerprint density at radius 3 is 2.57 bits per heavy atom. The van der Waals surface area contributed by atoms with E-state index in [-0.39, 0.29) is 22.4 Å². The number of nitrogens with zero attached hydrogens (tertiary/aromatic N) is 1. The molecular weight excluding hydrogens is 387 g/mol. The Kier molecular flexibility index (Phi) is 4.30. The molecule has 4 rings (SSSR count). The molecule has 0 fully saturated rings. The summed E-state index contributed by atoms with van der Waals surface area (Å²) in [4.78, 5) is 4.61. The van der Waals surface area contributed by atoms with Crippen molar-refractivity contribution in [3.63, 3.8) is 0 Å². The Labute approximate surface area is 163 Å². The summed E-state index contributed by atoms with van der Waals surface area (Å²) in [5.41, 5.74) is -3.10. The highest BCUT2D eigenvalue weighted by Gasteiger charge is 2.32. The average molecular weight is 403 g/mol. The highest BCUT2D eigenvalue weighted by Crippen LogP contribution is 2.45. The van der Waals surface area contributed by atoms with Gasteiger partial charge in [-0.3, -0.25) is 0 Å². The highest BCUT2D eigenvalue weighted by molar-refractivity contribution is 8.00. The molecule has 1 aromatic heterocycles. The number of fused-ring (bicyclic) bond motifs is 2. The zero-order chi connectivity index (χ0) is 20.1. The standard InChI is InChI=1S/C21H16F3NO2S/c1-20(2)11-15(19-17(26)9-12-5-3-4-6-16(12)25-19)14-10-13(28-21(22,23)24)7-8-18(14)27-20/h3-11,26H,1-2H3. The lowest BCUT2D eigenvalue weighted by Gasteiger charge is -2.31. The van der Waals surface area contributed by atoms with E-state index in [9.17, 15) is 18.3 Å². The summed E-state index contributed by atoms with van der Waals surface area (Å²) in [6.45, 7) is 3.68. The first-order chi connectivity index (χ1) is 13.1. The minimum Gasteiger partial charge on any atom is -0.506 e. The van der Waals surface area contributed by atoms with Crippen LogP contribution in [0.25, 0.3) is 16.5 Å². The molecule has 0 amide bonds. The van der Waals surface area contributed by atoms with Gasteiger partial charge in [-0.15, -0.1) is 0 Å². The van der Waals surface area contributed by atoms with Crippen molar-refractivity contribution in [1.82, 2.24) is 4.98 Å². The van der Waals surface area contributed by atoms with Gasteiger partial charge < -0.3 is 9.84 Å². The lowest BCUT2D eigenvalue weighted by atomic mass is 9.91. The number of aromatic hydroxyl groups is 1. The molecule has 1 N–H and O–H groups in total. The van der Waals surface area contributed by atoms with Gasteiger partial charge in [0.25, 0.3) is 0 Å². The molecule has 3 aromatic rings. The van der Waals surface area contributed by atoms with Crippen molar-refractivity contribution < 1.29 is 23.0 Å². The number of alkyl halides is 3. The predicted molar refractivity (Wildman–Crippen MR) is 104 cm³/mol. The molecule has 0 radical (unpaired) electrons. The molecule has 0 saturated heterocycles. The van der Waals surface area contributed by atoms with Gasteiger partial charge in [0, 0.05) is 21.4 Å². The number of hydrogen-bond donors (Lipinski definition) is 1. The second-order valence-electron chi connectivity index (χ2n) is 7.02. The van der Waals surface area contributed by atoms with Crippen molar-refractivity contribution in [2.75, 3.05) is 0 Å². The van der Waals surface area contributed by atoms with Crippen molar-refractivity contribution in [1.29, 1.82) is 0 Å². The maximum absolute atomic E-state index is 12.8. The van der Waals surface area contributed by atoms with Gasteiger partial charge in [-0.05, 0) is 62.0 Å². The van der Waals surface area contributed by atoms with Gasteiger partial charge in [-0.25, -0.2) is 4.98 Å². The number of hydrogen-bond acceptors (Lipinski definition) is 4. The molecule has 0 spiro atoms. The maximum Gasteiger partial charge on any atom is 0.446 e. The number of benzene rings is 2. The molecule has 0 bridgehead atoms. The lowest BCUT2D eigenvalue weighted by Crippen LogP contribution is -2.29. The molecule has 0 unspecified atom stereocenters. The van der Waals surface area contributed by atoms with Crippen LogP contribution in [-0.2, 0) is 0 Å². The molecule has 7 heteroatoms. The van der Waals surface area contributed by atoms with Gasteiger partial charge in [0.1, 0.15) is 22.8 Å². The molecule has 144 valence electrons. The first kappa shape index (κ1) is 18.7. The van der Waals surface area contributed by atoms with E-state index in [4.69, 9.17) is 4.74 Å². The largest absolute Gasteiger partial charge is 0.506 e. The fourth-order valence-corrected chi connectivity index (χ4v) is 3.82. The Morgan fingerprint density at radius 1 is 1.07 bits per heavy atom. The third-order valence-corrected chi connectivity index (χ3v) is 5.02. The zero-order valence-corrected chi connectivity index (χ0v) is 15.9. The highest BCUT2D eigenvalue weighted by atomic mass is 32.2. The Hall–Kier alpha value is -2.67. The van der Waals surface area contributed by atoms with E-state index in [2.05, 4.69) is 4.98 Å². The van der Waals surface area contributed by atoms with Gasteiger partial charge in [0.05, 0.1) is 5.52 Å². The van der Waals surface area contributed by atoms with Crippen LogP contribution >= 0.6 is 11.8 Å². The van der Waals surface area contributed by atoms with Crippen LogP contribution in [0.2, 0.25) is 0 Å². The van der Waals surface area contributed by atoms with Crippen LogP contribution in [0.3, 0.4) is 0 Å². The summed E-state index contributed by atoms with van der Waals surface area (Å²) in [5, 5.41) is 11.4. The predicted octanol–water partition coefficient (Wildman–Crippen LogP) is 6.16. The molecule has 2 aromatic carbocycles. The molecule has 28 heavy (non-hydrogen) atoms. The number of aromatic nitrogens is 1. The van der Waals surface area contributed by atoms with Crippen LogP contribution < -0.4 is 4.74 Å². The van der Waals surface area contributed by atoms with Gasteiger partial charge in [0.15, 0.2) is 0 Å². The van der Waals surface area contributed by atoms with Crippen molar-refractivity contribution in [3.05, 3.63) is 65.9 Å². The third-order valence-electron chi connectivity index (χ3n) is 4.30. The Balaban J connectivity index is 1.90. The number of para-hydroxylation sites is 1. The molecule has 3 nitrogen and oxygen atoms in total. The fraction of sp³-hybridized carbons (Fsp3) is 0.190. The fourth-order valence-electron chi connectivity index (χ4n) is 3.24. The van der Waals surface area contributed by atoms with E-state index in [0.29, 0.717) is 28.1 Å². The normalized spacial score (nSPS) is 15.7. The molecule has 0 aliphatic carbocycles. The van der Waals surface area contributed by atoms with Crippen molar-refractivity contribution >= 4 is 28.2 Å². The lowest BCUT2D eigenvalue weighted by molar-refractivity contribution is -0.0328. The zero-order valence-electron chi connectivity index (χ0n) is 15.0. The summed E-state index contributed by atoms with van der Waals surface area (Å²) in [6.07, 6.45) is 1.77.